The first-order valence-electron chi connectivity index (χ1n) is 7.47. The van der Waals surface area contributed by atoms with E-state index < -0.39 is 29.5 Å². The van der Waals surface area contributed by atoms with Gasteiger partial charge in [0.05, 0.1) is 12.0 Å². The van der Waals surface area contributed by atoms with Gasteiger partial charge in [-0.05, 0) is 43.1 Å². The summed E-state index contributed by atoms with van der Waals surface area (Å²) >= 11 is 0. The van der Waals surface area contributed by atoms with Crippen LogP contribution in [0.2, 0.25) is 0 Å². The first-order valence-corrected chi connectivity index (χ1v) is 7.47. The summed E-state index contributed by atoms with van der Waals surface area (Å²) in [5, 5.41) is 20.1. The average molecular weight is 282 g/mol. The van der Waals surface area contributed by atoms with E-state index in [9.17, 15) is 15.0 Å². The van der Waals surface area contributed by atoms with E-state index in [1.165, 1.54) is 0 Å². The summed E-state index contributed by atoms with van der Waals surface area (Å²) in [6.45, 7) is 8.19. The molecule has 114 valence electrons. The van der Waals surface area contributed by atoms with Gasteiger partial charge in [0.25, 0.3) is 0 Å². The third kappa shape index (κ3) is 2.09. The number of methoxy groups -OCH3 is 1. The van der Waals surface area contributed by atoms with Gasteiger partial charge in [-0.15, -0.1) is 0 Å². The lowest BCUT2D eigenvalue weighted by Gasteiger charge is -2.51. The second-order valence-corrected chi connectivity index (χ2v) is 6.69. The molecule has 0 aromatic carbocycles. The smallest absolute Gasteiger partial charge is 0.307 e. The molecule has 0 aromatic heterocycles. The summed E-state index contributed by atoms with van der Waals surface area (Å²) in [5.41, 5.74) is 0.302. The molecule has 4 heteroatoms. The highest BCUT2D eigenvalue weighted by Gasteiger charge is 2.61. The zero-order valence-corrected chi connectivity index (χ0v) is 12.6. The van der Waals surface area contributed by atoms with Gasteiger partial charge in [0, 0.05) is 12.5 Å². The fourth-order valence-corrected chi connectivity index (χ4v) is 4.74. The van der Waals surface area contributed by atoms with E-state index in [0.29, 0.717) is 18.8 Å². The third-order valence-electron chi connectivity index (χ3n) is 5.58. The predicted molar refractivity (Wildman–Crippen MR) is 76.3 cm³/mol. The van der Waals surface area contributed by atoms with E-state index in [-0.39, 0.29) is 5.92 Å². The minimum Gasteiger partial charge on any atom is -0.481 e. The molecule has 0 bridgehead atoms. The first-order chi connectivity index (χ1) is 9.36. The molecule has 4 nitrogen and oxygen atoms in total. The van der Waals surface area contributed by atoms with Crippen molar-refractivity contribution in [3.05, 3.63) is 12.2 Å². The molecule has 2 fully saturated rings. The average Bonchev–Trinajstić information content (AvgIpc) is 2.75. The number of carboxylic acids is 1. The molecule has 0 aromatic rings. The Bertz CT molecular complexity index is 403. The van der Waals surface area contributed by atoms with Crippen LogP contribution in [-0.4, -0.2) is 35.5 Å². The predicted octanol–water partition coefficient (Wildman–Crippen LogP) is 2.47. The van der Waals surface area contributed by atoms with Gasteiger partial charge in [0.2, 0.25) is 0 Å². The van der Waals surface area contributed by atoms with Crippen LogP contribution in [0.1, 0.15) is 39.5 Å². The minimum absolute atomic E-state index is 0.274. The van der Waals surface area contributed by atoms with E-state index in [2.05, 4.69) is 20.4 Å². The van der Waals surface area contributed by atoms with E-state index in [1.54, 1.807) is 7.11 Å². The summed E-state index contributed by atoms with van der Waals surface area (Å²) in [4.78, 5) is 11.7. The summed E-state index contributed by atoms with van der Waals surface area (Å²) < 4.78 is 5.60. The summed E-state index contributed by atoms with van der Waals surface area (Å²) in [7, 11) is 1.57. The van der Waals surface area contributed by atoms with Gasteiger partial charge >= 0.3 is 5.97 Å². The lowest BCUT2D eigenvalue weighted by Crippen LogP contribution is -2.56. The van der Waals surface area contributed by atoms with Gasteiger partial charge in [-0.2, -0.15) is 0 Å². The zero-order valence-electron chi connectivity index (χ0n) is 12.6. The third-order valence-corrected chi connectivity index (χ3v) is 5.58. The van der Waals surface area contributed by atoms with Crippen molar-refractivity contribution in [3.63, 3.8) is 0 Å². The monoisotopic (exact) mass is 282 g/mol. The van der Waals surface area contributed by atoms with E-state index in [1.807, 2.05) is 0 Å². The zero-order chi connectivity index (χ0) is 15.1. The van der Waals surface area contributed by atoms with E-state index in [0.717, 1.165) is 18.4 Å². The summed E-state index contributed by atoms with van der Waals surface area (Å²) in [5.74, 6) is -0.524. The van der Waals surface area contributed by atoms with Crippen molar-refractivity contribution in [2.75, 3.05) is 7.11 Å². The molecular formula is C16H26O4. The molecule has 1 spiro atoms. The topological polar surface area (TPSA) is 66.8 Å². The van der Waals surface area contributed by atoms with Gasteiger partial charge in [-0.1, -0.05) is 20.4 Å². The Morgan fingerprint density at radius 3 is 2.60 bits per heavy atom. The Morgan fingerprint density at radius 2 is 2.10 bits per heavy atom. The van der Waals surface area contributed by atoms with Crippen molar-refractivity contribution >= 4 is 5.97 Å². The Balaban J connectivity index is 2.48. The molecule has 0 aliphatic heterocycles. The number of hydrogen-bond acceptors (Lipinski definition) is 3. The molecule has 0 radical (unpaired) electrons. The van der Waals surface area contributed by atoms with Crippen LogP contribution < -0.4 is 0 Å². The standard InChI is InChI=1S/C16H26O4/c1-9(2)11-5-6-12(15(18)19)16(11)8-7-10(3)13(17)14(16)20-4/h9,11-14,17H,3,5-8H2,1-2,4H3,(H,18,19)/t11-,12+,13+,14?,16-/m0/s1. The number of ether oxygens (including phenoxy) is 1. The van der Waals surface area contributed by atoms with Crippen LogP contribution in [0.5, 0.6) is 0 Å². The SMILES string of the molecule is C=C1CC[C@@]2(C(OC)[C@@H]1O)[C@@H](C(=O)O)CC[C@H]2C(C)C. The quantitative estimate of drug-likeness (QED) is 0.780. The lowest BCUT2D eigenvalue weighted by molar-refractivity contribution is -0.167. The van der Waals surface area contributed by atoms with Crippen molar-refractivity contribution < 1.29 is 19.7 Å². The molecule has 5 atom stereocenters. The Morgan fingerprint density at radius 1 is 1.45 bits per heavy atom. The van der Waals surface area contributed by atoms with Crippen LogP contribution >= 0.6 is 0 Å². The number of aliphatic carboxylic acids is 1. The maximum Gasteiger partial charge on any atom is 0.307 e. The Hall–Kier alpha value is -0.870. The molecule has 20 heavy (non-hydrogen) atoms. The minimum atomic E-state index is -0.755. The maximum atomic E-state index is 11.7. The Kier molecular flexibility index (Phi) is 4.26. The number of carbonyl (C=O) groups is 1. The molecule has 1 unspecified atom stereocenters. The number of aliphatic hydroxyl groups excluding tert-OH is 1. The van der Waals surface area contributed by atoms with Crippen LogP contribution in [0.3, 0.4) is 0 Å². The first kappa shape index (κ1) is 15.5. The molecule has 2 aliphatic carbocycles. The molecule has 2 N–H and O–H groups in total. The van der Waals surface area contributed by atoms with Gasteiger partial charge in [-0.25, -0.2) is 0 Å². The number of rotatable bonds is 3. The number of aliphatic hydroxyl groups is 1. The van der Waals surface area contributed by atoms with Gasteiger partial charge in [-0.3, -0.25) is 4.79 Å². The van der Waals surface area contributed by atoms with Crippen LogP contribution in [0.15, 0.2) is 12.2 Å². The fourth-order valence-electron chi connectivity index (χ4n) is 4.74. The molecule has 0 saturated heterocycles. The molecule has 0 amide bonds. The maximum absolute atomic E-state index is 11.7. The molecule has 0 heterocycles. The highest BCUT2D eigenvalue weighted by Crippen LogP contribution is 2.59. The van der Waals surface area contributed by atoms with Gasteiger partial charge in [0.15, 0.2) is 0 Å². The summed E-state index contributed by atoms with van der Waals surface area (Å²) in [6, 6.07) is 0. The van der Waals surface area contributed by atoms with Crippen molar-refractivity contribution in [1.29, 1.82) is 0 Å². The second-order valence-electron chi connectivity index (χ2n) is 6.69. The van der Waals surface area contributed by atoms with Crippen molar-refractivity contribution in [1.82, 2.24) is 0 Å². The second kappa shape index (κ2) is 5.49. The van der Waals surface area contributed by atoms with Gasteiger partial charge in [0.1, 0.15) is 6.10 Å². The lowest BCUT2D eigenvalue weighted by atomic mass is 9.57. The molecule has 2 saturated carbocycles. The fraction of sp³-hybridized carbons (Fsp3) is 0.812. The van der Waals surface area contributed by atoms with Crippen LogP contribution in [0, 0.1) is 23.2 Å². The Labute approximate surface area is 120 Å². The largest absolute Gasteiger partial charge is 0.481 e. The van der Waals surface area contributed by atoms with Crippen molar-refractivity contribution in [2.24, 2.45) is 23.2 Å². The van der Waals surface area contributed by atoms with Crippen LogP contribution in [0.4, 0.5) is 0 Å². The van der Waals surface area contributed by atoms with E-state index >= 15 is 0 Å². The summed E-state index contributed by atoms with van der Waals surface area (Å²) in [6.07, 6.45) is 1.80. The normalized spacial score (nSPS) is 41.5. The highest BCUT2D eigenvalue weighted by molar-refractivity contribution is 5.72. The molecular weight excluding hydrogens is 256 g/mol. The van der Waals surface area contributed by atoms with Crippen molar-refractivity contribution in [3.8, 4) is 0 Å². The van der Waals surface area contributed by atoms with Crippen LogP contribution in [-0.2, 0) is 9.53 Å². The molecule has 2 rings (SSSR count). The van der Waals surface area contributed by atoms with Crippen LogP contribution in [0.25, 0.3) is 0 Å². The molecule has 2 aliphatic rings. The number of carboxylic acid groups (broad SMARTS) is 1. The van der Waals surface area contributed by atoms with E-state index in [4.69, 9.17) is 4.74 Å². The van der Waals surface area contributed by atoms with Gasteiger partial charge < -0.3 is 14.9 Å². The van der Waals surface area contributed by atoms with Crippen molar-refractivity contribution in [2.45, 2.75) is 51.7 Å². The number of hydrogen-bond donors (Lipinski definition) is 2. The highest BCUT2D eigenvalue weighted by atomic mass is 16.5.